The number of Topliss-reactive ketones (excluding diaryl/α,β-unsaturated/α-hetero) is 1. The Balaban J connectivity index is 3.17. The second kappa shape index (κ2) is 16.3. The average molecular weight is 274 g/mol. The molecule has 112 valence electrons. The van der Waals surface area contributed by atoms with Gasteiger partial charge in [0.15, 0.2) is 0 Å². The molecule has 0 N–H and O–H groups in total. The van der Waals surface area contributed by atoms with Crippen LogP contribution in [0.15, 0.2) is 24.3 Å². The van der Waals surface area contributed by atoms with Crippen molar-refractivity contribution in [2.75, 3.05) is 0 Å². The third-order valence-corrected chi connectivity index (χ3v) is 3.33. The Kier molecular flexibility index (Phi) is 15.6. The van der Waals surface area contributed by atoms with Gasteiger partial charge in [-0.2, -0.15) is 0 Å². The van der Waals surface area contributed by atoms with Gasteiger partial charge in [0.2, 0.25) is 0 Å². The number of hydrogen-bond donors (Lipinski definition) is 0. The maximum atomic E-state index is 10.8. The fourth-order valence-corrected chi connectivity index (χ4v) is 2.08. The van der Waals surface area contributed by atoms with Crippen LogP contribution in [-0.4, -0.2) is 13.6 Å². The van der Waals surface area contributed by atoms with Crippen molar-refractivity contribution in [3.05, 3.63) is 24.3 Å². The number of rotatable bonds is 14. The minimum atomic E-state index is 0.323. The first-order chi connectivity index (χ1) is 9.77. The number of carbonyl (C=O) groups excluding carboxylic acids is 1. The van der Waals surface area contributed by atoms with Crippen molar-refractivity contribution in [3.63, 3.8) is 0 Å². The maximum absolute atomic E-state index is 10.8. The normalized spacial score (nSPS) is 11.7. The highest BCUT2D eigenvalue weighted by Crippen LogP contribution is 2.08. The van der Waals surface area contributed by atoms with E-state index in [9.17, 15) is 4.79 Å². The largest absolute Gasteiger partial charge is 0.300 e. The van der Waals surface area contributed by atoms with Gasteiger partial charge in [-0.25, -0.2) is 0 Å². The average Bonchev–Trinajstić information content (AvgIpc) is 2.43. The van der Waals surface area contributed by atoms with Crippen LogP contribution < -0.4 is 0 Å². The second-order valence-electron chi connectivity index (χ2n) is 5.47. The van der Waals surface area contributed by atoms with Crippen LogP contribution in [0.1, 0.15) is 77.6 Å². The van der Waals surface area contributed by atoms with Gasteiger partial charge in [-0.3, -0.25) is 0 Å². The predicted octanol–water partition coefficient (Wildman–Crippen LogP) is 5.57. The maximum Gasteiger partial charge on any atom is 0.129 e. The molecule has 0 aromatic carbocycles. The molecule has 0 fully saturated rings. The fourth-order valence-electron chi connectivity index (χ4n) is 2.08. The van der Waals surface area contributed by atoms with E-state index >= 15 is 0 Å². The van der Waals surface area contributed by atoms with Crippen LogP contribution in [0.3, 0.4) is 0 Å². The Morgan fingerprint density at radius 2 is 1.35 bits per heavy atom. The molecule has 0 saturated carbocycles. The highest BCUT2D eigenvalue weighted by molar-refractivity contribution is 6.08. The first-order valence-electron chi connectivity index (χ1n) is 8.27. The zero-order valence-corrected chi connectivity index (χ0v) is 13.3. The van der Waals surface area contributed by atoms with Crippen LogP contribution >= 0.6 is 0 Å². The molecule has 0 amide bonds. The Morgan fingerprint density at radius 1 is 0.800 bits per heavy atom. The third kappa shape index (κ3) is 17.2. The van der Waals surface area contributed by atoms with E-state index in [-0.39, 0.29) is 0 Å². The molecule has 0 aliphatic rings. The van der Waals surface area contributed by atoms with Gasteiger partial charge in [-0.05, 0) is 39.0 Å². The van der Waals surface area contributed by atoms with E-state index in [1.807, 2.05) is 0 Å². The van der Waals surface area contributed by atoms with E-state index in [1.165, 1.54) is 38.5 Å². The molecule has 2 radical (unpaired) electrons. The van der Waals surface area contributed by atoms with Gasteiger partial charge in [0.05, 0.1) is 7.85 Å². The molecule has 0 unspecified atom stereocenters. The van der Waals surface area contributed by atoms with E-state index in [2.05, 4.69) is 24.3 Å². The Labute approximate surface area is 127 Å². The van der Waals surface area contributed by atoms with Crippen molar-refractivity contribution in [1.29, 1.82) is 0 Å². The first-order valence-corrected chi connectivity index (χ1v) is 8.27. The number of unbranched alkanes of at least 4 members (excludes halogenated alkanes) is 7. The first kappa shape index (κ1) is 19.2. The molecular formula is C18H31BO. The van der Waals surface area contributed by atoms with Gasteiger partial charge < -0.3 is 4.79 Å². The van der Waals surface area contributed by atoms with Crippen LogP contribution in [0.2, 0.25) is 6.32 Å². The highest BCUT2D eigenvalue weighted by atomic mass is 16.1. The lowest BCUT2D eigenvalue weighted by Crippen LogP contribution is -1.89. The molecule has 20 heavy (non-hydrogen) atoms. The zero-order chi connectivity index (χ0) is 14.9. The Morgan fingerprint density at radius 3 is 1.95 bits per heavy atom. The second-order valence-corrected chi connectivity index (χ2v) is 5.47. The molecule has 0 atom stereocenters. The lowest BCUT2D eigenvalue weighted by Gasteiger charge is -1.98. The van der Waals surface area contributed by atoms with Crippen molar-refractivity contribution in [3.8, 4) is 0 Å². The zero-order valence-electron chi connectivity index (χ0n) is 13.3. The van der Waals surface area contributed by atoms with Crippen LogP contribution in [0.4, 0.5) is 0 Å². The molecule has 0 heterocycles. The van der Waals surface area contributed by atoms with Crippen molar-refractivity contribution in [2.24, 2.45) is 0 Å². The molecule has 1 nitrogen and oxygen atoms in total. The summed E-state index contributed by atoms with van der Waals surface area (Å²) in [4.78, 5) is 10.8. The van der Waals surface area contributed by atoms with E-state index < -0.39 is 0 Å². The monoisotopic (exact) mass is 274 g/mol. The number of allylic oxidation sites excluding steroid dienone is 4. The molecule has 2 heteroatoms. The van der Waals surface area contributed by atoms with Crippen LogP contribution in [-0.2, 0) is 4.79 Å². The van der Waals surface area contributed by atoms with Gasteiger partial charge in [0.25, 0.3) is 0 Å². The standard InChI is InChI=1S/C18H31BO/c1-18(20)16-14-12-10-8-6-4-2-3-5-7-9-11-13-15-17-19/h2-3,7,9H,4-6,8,10-17H2,1H3/b3-2-,9-7-. The molecule has 0 aromatic rings. The summed E-state index contributed by atoms with van der Waals surface area (Å²) in [7, 11) is 5.44. The van der Waals surface area contributed by atoms with Gasteiger partial charge in [0.1, 0.15) is 5.78 Å². The smallest absolute Gasteiger partial charge is 0.129 e. The molecule has 0 aromatic heterocycles. The summed E-state index contributed by atoms with van der Waals surface area (Å²) < 4.78 is 0. The van der Waals surface area contributed by atoms with Crippen molar-refractivity contribution >= 4 is 13.6 Å². The minimum Gasteiger partial charge on any atom is -0.300 e. The molecule has 0 rings (SSSR count). The Hall–Kier alpha value is -0.785. The van der Waals surface area contributed by atoms with Gasteiger partial charge >= 0.3 is 0 Å². The summed E-state index contributed by atoms with van der Waals surface area (Å²) in [5.74, 6) is 0.323. The van der Waals surface area contributed by atoms with Gasteiger partial charge in [-0.1, -0.05) is 62.7 Å². The van der Waals surface area contributed by atoms with Crippen LogP contribution in [0.25, 0.3) is 0 Å². The molecular weight excluding hydrogens is 243 g/mol. The summed E-state index contributed by atoms with van der Waals surface area (Å²) in [6, 6.07) is 0. The van der Waals surface area contributed by atoms with E-state index in [0.29, 0.717) is 5.78 Å². The number of hydrogen-bond acceptors (Lipinski definition) is 1. The molecule has 0 spiro atoms. The predicted molar refractivity (Wildman–Crippen MR) is 90.3 cm³/mol. The molecule has 0 aliphatic carbocycles. The minimum absolute atomic E-state index is 0.323. The van der Waals surface area contributed by atoms with Crippen molar-refractivity contribution in [1.82, 2.24) is 0 Å². The molecule has 0 bridgehead atoms. The summed E-state index contributed by atoms with van der Waals surface area (Å²) in [6.07, 6.45) is 22.5. The van der Waals surface area contributed by atoms with Crippen LogP contribution in [0.5, 0.6) is 0 Å². The third-order valence-electron chi connectivity index (χ3n) is 3.33. The fraction of sp³-hybridized carbons (Fsp3) is 0.722. The summed E-state index contributed by atoms with van der Waals surface area (Å²) in [6.45, 7) is 1.68. The van der Waals surface area contributed by atoms with Crippen molar-refractivity contribution < 1.29 is 4.79 Å². The quantitative estimate of drug-likeness (QED) is 0.230. The summed E-state index contributed by atoms with van der Waals surface area (Å²) >= 11 is 0. The van der Waals surface area contributed by atoms with Gasteiger partial charge in [0, 0.05) is 6.42 Å². The summed E-state index contributed by atoms with van der Waals surface area (Å²) in [5, 5.41) is 0. The number of ketones is 1. The SMILES string of the molecule is [B]CCCC/C=C\C/C=C\CCCCCCCC(C)=O. The molecule has 0 saturated heterocycles. The Bertz CT molecular complexity index is 269. The van der Waals surface area contributed by atoms with Gasteiger partial charge in [-0.15, -0.1) is 0 Å². The lowest BCUT2D eigenvalue weighted by atomic mass is 9.99. The van der Waals surface area contributed by atoms with E-state index in [1.54, 1.807) is 6.92 Å². The molecule has 0 aliphatic heterocycles. The summed E-state index contributed by atoms with van der Waals surface area (Å²) in [5.41, 5.74) is 0. The van der Waals surface area contributed by atoms with E-state index in [0.717, 1.165) is 38.4 Å². The van der Waals surface area contributed by atoms with E-state index in [4.69, 9.17) is 7.85 Å². The van der Waals surface area contributed by atoms with Crippen molar-refractivity contribution in [2.45, 2.75) is 83.9 Å². The highest BCUT2D eigenvalue weighted by Gasteiger charge is 1.93. The lowest BCUT2D eigenvalue weighted by molar-refractivity contribution is -0.117. The van der Waals surface area contributed by atoms with Crippen LogP contribution in [0, 0.1) is 0 Å². The number of carbonyl (C=O) groups is 1. The topological polar surface area (TPSA) is 17.1 Å².